The Hall–Kier alpha value is -1.61. The van der Waals surface area contributed by atoms with Crippen molar-refractivity contribution in [3.05, 3.63) is 54.6 Å². The first-order valence-corrected chi connectivity index (χ1v) is 7.49. The zero-order valence-corrected chi connectivity index (χ0v) is 11.7. The fraction of sp³-hybridized carbons (Fsp3) is 0.250. The average Bonchev–Trinajstić information content (AvgIpc) is 2.46. The van der Waals surface area contributed by atoms with E-state index >= 15 is 0 Å². The van der Waals surface area contributed by atoms with Crippen molar-refractivity contribution in [2.45, 2.75) is 17.7 Å². The Morgan fingerprint density at radius 2 is 1.63 bits per heavy atom. The Morgan fingerprint density at radius 3 is 2.37 bits per heavy atom. The fourth-order valence-electron chi connectivity index (χ4n) is 1.66. The van der Waals surface area contributed by atoms with Crippen LogP contribution in [0.2, 0.25) is 0 Å². The number of hydrogen-bond acceptors (Lipinski definition) is 3. The summed E-state index contributed by atoms with van der Waals surface area (Å²) in [7, 11) is 0. The maximum absolute atomic E-state index is 5.65. The maximum atomic E-state index is 5.65. The van der Waals surface area contributed by atoms with Gasteiger partial charge in [-0.15, -0.1) is 11.8 Å². The average molecular weight is 273 g/mol. The fourth-order valence-corrected chi connectivity index (χ4v) is 2.60. The zero-order chi connectivity index (χ0) is 13.3. The van der Waals surface area contributed by atoms with E-state index in [0.29, 0.717) is 0 Å². The van der Waals surface area contributed by atoms with E-state index in [4.69, 9.17) is 10.5 Å². The molecule has 2 nitrogen and oxygen atoms in total. The van der Waals surface area contributed by atoms with E-state index in [2.05, 4.69) is 24.3 Å². The molecular formula is C16H19NOS. The van der Waals surface area contributed by atoms with Gasteiger partial charge in [0, 0.05) is 10.6 Å². The number of anilines is 1. The first kappa shape index (κ1) is 13.8. The van der Waals surface area contributed by atoms with Crippen LogP contribution in [-0.4, -0.2) is 12.4 Å². The van der Waals surface area contributed by atoms with Gasteiger partial charge in [-0.25, -0.2) is 0 Å². The van der Waals surface area contributed by atoms with Crippen molar-refractivity contribution in [3.8, 4) is 5.75 Å². The molecule has 19 heavy (non-hydrogen) atoms. The molecule has 2 aromatic carbocycles. The molecule has 0 radical (unpaired) electrons. The van der Waals surface area contributed by atoms with Gasteiger partial charge in [0.1, 0.15) is 5.75 Å². The summed E-state index contributed by atoms with van der Waals surface area (Å²) >= 11 is 1.90. The number of benzene rings is 2. The summed E-state index contributed by atoms with van der Waals surface area (Å²) in [5.41, 5.74) is 6.39. The monoisotopic (exact) mass is 273 g/mol. The summed E-state index contributed by atoms with van der Waals surface area (Å²) in [5.74, 6) is 2.03. The van der Waals surface area contributed by atoms with Gasteiger partial charge < -0.3 is 10.5 Å². The summed E-state index contributed by atoms with van der Waals surface area (Å²) in [4.78, 5) is 1.34. The van der Waals surface area contributed by atoms with Gasteiger partial charge in [0.05, 0.1) is 6.61 Å². The van der Waals surface area contributed by atoms with E-state index in [1.807, 2.05) is 42.1 Å². The van der Waals surface area contributed by atoms with Gasteiger partial charge in [-0.05, 0) is 55.0 Å². The normalized spacial score (nSPS) is 10.3. The van der Waals surface area contributed by atoms with Crippen LogP contribution in [-0.2, 0) is 0 Å². The molecular weight excluding hydrogens is 254 g/mol. The van der Waals surface area contributed by atoms with Crippen molar-refractivity contribution in [2.75, 3.05) is 18.1 Å². The summed E-state index contributed by atoms with van der Waals surface area (Å²) in [5, 5.41) is 0. The molecule has 0 unspecified atom stereocenters. The van der Waals surface area contributed by atoms with Gasteiger partial charge in [0.2, 0.25) is 0 Å². The third-order valence-corrected chi connectivity index (χ3v) is 3.80. The van der Waals surface area contributed by atoms with Crippen LogP contribution in [0.15, 0.2) is 59.5 Å². The van der Waals surface area contributed by atoms with E-state index in [1.54, 1.807) is 0 Å². The minimum absolute atomic E-state index is 0.763. The van der Waals surface area contributed by atoms with Gasteiger partial charge in [0.25, 0.3) is 0 Å². The molecule has 0 aliphatic carbocycles. The second-order valence-corrected chi connectivity index (χ2v) is 5.45. The largest absolute Gasteiger partial charge is 0.494 e. The Morgan fingerprint density at radius 1 is 0.895 bits per heavy atom. The highest BCUT2D eigenvalue weighted by Gasteiger charge is 1.95. The van der Waals surface area contributed by atoms with Gasteiger partial charge in [0.15, 0.2) is 0 Å². The van der Waals surface area contributed by atoms with E-state index in [9.17, 15) is 0 Å². The number of nitrogens with two attached hydrogens (primary N) is 1. The van der Waals surface area contributed by atoms with Crippen molar-refractivity contribution < 1.29 is 4.74 Å². The lowest BCUT2D eigenvalue weighted by molar-refractivity contribution is 0.310. The smallest absolute Gasteiger partial charge is 0.119 e. The van der Waals surface area contributed by atoms with Gasteiger partial charge in [-0.1, -0.05) is 18.2 Å². The molecule has 0 amide bonds. The number of unbranched alkanes of at least 4 members (excludes halogenated alkanes) is 1. The van der Waals surface area contributed by atoms with Gasteiger partial charge in [-0.3, -0.25) is 0 Å². The van der Waals surface area contributed by atoms with Gasteiger partial charge >= 0.3 is 0 Å². The molecule has 2 N–H and O–H groups in total. The number of ether oxygens (including phenoxy) is 1. The summed E-state index contributed by atoms with van der Waals surface area (Å²) in [6.45, 7) is 0.763. The Labute approximate surface area is 119 Å². The minimum Gasteiger partial charge on any atom is -0.494 e. The van der Waals surface area contributed by atoms with Crippen LogP contribution in [0.1, 0.15) is 12.8 Å². The number of rotatable bonds is 7. The second-order valence-electron chi connectivity index (χ2n) is 4.29. The third-order valence-electron chi connectivity index (χ3n) is 2.70. The van der Waals surface area contributed by atoms with Crippen LogP contribution in [0.5, 0.6) is 5.75 Å². The molecule has 0 atom stereocenters. The van der Waals surface area contributed by atoms with Crippen LogP contribution in [0.4, 0.5) is 5.69 Å². The van der Waals surface area contributed by atoms with E-state index < -0.39 is 0 Å². The third kappa shape index (κ3) is 5.26. The molecule has 3 heteroatoms. The van der Waals surface area contributed by atoms with Crippen LogP contribution < -0.4 is 10.5 Å². The first-order valence-electron chi connectivity index (χ1n) is 6.51. The van der Waals surface area contributed by atoms with Crippen LogP contribution in [0.3, 0.4) is 0 Å². The Kier molecular flexibility index (Phi) is 5.63. The zero-order valence-electron chi connectivity index (χ0n) is 10.9. The molecule has 0 fully saturated rings. The molecule has 0 bridgehead atoms. The highest BCUT2D eigenvalue weighted by molar-refractivity contribution is 7.99. The van der Waals surface area contributed by atoms with Gasteiger partial charge in [-0.2, -0.15) is 0 Å². The molecule has 2 rings (SSSR count). The van der Waals surface area contributed by atoms with E-state index in [-0.39, 0.29) is 0 Å². The topological polar surface area (TPSA) is 35.2 Å². The Bertz CT molecular complexity index is 470. The van der Waals surface area contributed by atoms with Crippen LogP contribution >= 0.6 is 11.8 Å². The quantitative estimate of drug-likeness (QED) is 0.466. The molecule has 2 aromatic rings. The first-order chi connectivity index (χ1) is 9.34. The predicted octanol–water partition coefficient (Wildman–Crippen LogP) is 4.22. The summed E-state index contributed by atoms with van der Waals surface area (Å²) in [6.07, 6.45) is 2.23. The van der Waals surface area contributed by atoms with E-state index in [1.165, 1.54) is 4.90 Å². The number of hydrogen-bond donors (Lipinski definition) is 1. The predicted molar refractivity (Wildman–Crippen MR) is 82.7 cm³/mol. The lowest BCUT2D eigenvalue weighted by Gasteiger charge is -2.06. The standard InChI is InChI=1S/C16H19NOS/c17-14-8-10-15(11-9-14)18-12-4-5-13-19-16-6-2-1-3-7-16/h1-3,6-11H,4-5,12-13,17H2. The summed E-state index contributed by atoms with van der Waals surface area (Å²) < 4.78 is 5.65. The van der Waals surface area contributed by atoms with Crippen molar-refractivity contribution in [1.29, 1.82) is 0 Å². The molecule has 0 spiro atoms. The Balaban J connectivity index is 1.56. The molecule has 0 aliphatic heterocycles. The maximum Gasteiger partial charge on any atom is 0.119 e. The van der Waals surface area contributed by atoms with Crippen molar-refractivity contribution in [3.63, 3.8) is 0 Å². The lowest BCUT2D eigenvalue weighted by atomic mass is 10.3. The van der Waals surface area contributed by atoms with Crippen molar-refractivity contribution in [2.24, 2.45) is 0 Å². The van der Waals surface area contributed by atoms with Crippen LogP contribution in [0.25, 0.3) is 0 Å². The minimum atomic E-state index is 0.763. The van der Waals surface area contributed by atoms with Crippen molar-refractivity contribution >= 4 is 17.4 Å². The molecule has 0 aliphatic rings. The molecule has 0 saturated carbocycles. The number of thioether (sulfide) groups is 1. The lowest BCUT2D eigenvalue weighted by Crippen LogP contribution is -1.98. The molecule has 0 saturated heterocycles. The highest BCUT2D eigenvalue weighted by atomic mass is 32.2. The SMILES string of the molecule is Nc1ccc(OCCCCSc2ccccc2)cc1. The molecule has 0 heterocycles. The second kappa shape index (κ2) is 7.74. The van der Waals surface area contributed by atoms with E-state index in [0.717, 1.165) is 36.6 Å². The molecule has 100 valence electrons. The molecule has 0 aromatic heterocycles. The van der Waals surface area contributed by atoms with Crippen molar-refractivity contribution in [1.82, 2.24) is 0 Å². The van der Waals surface area contributed by atoms with Crippen LogP contribution in [0, 0.1) is 0 Å². The highest BCUT2D eigenvalue weighted by Crippen LogP contribution is 2.18. The number of nitrogen functional groups attached to an aromatic ring is 1. The summed E-state index contributed by atoms with van der Waals surface area (Å²) in [6, 6.07) is 18.0.